The summed E-state index contributed by atoms with van der Waals surface area (Å²) in [5.41, 5.74) is 7.37. The average molecular weight is 313 g/mol. The lowest BCUT2D eigenvalue weighted by atomic mass is 9.97. The summed E-state index contributed by atoms with van der Waals surface area (Å²) in [6.45, 7) is 6.51. The van der Waals surface area contributed by atoms with Crippen LogP contribution in [0, 0.1) is 20.8 Å². The second-order valence-corrected chi connectivity index (χ2v) is 6.67. The lowest BCUT2D eigenvalue weighted by molar-refractivity contribution is -0.717. The molecule has 4 rings (SSSR count). The fourth-order valence-electron chi connectivity index (χ4n) is 3.46. The van der Waals surface area contributed by atoms with Gasteiger partial charge in [0.05, 0.1) is 5.56 Å². The Labute approximate surface area is 142 Å². The summed E-state index contributed by atoms with van der Waals surface area (Å²) in [4.78, 5) is 0. The molecule has 0 unspecified atom stereocenters. The zero-order chi connectivity index (χ0) is 16.8. The number of aromatic nitrogens is 2. The van der Waals surface area contributed by atoms with Crippen LogP contribution < -0.4 is 4.68 Å². The minimum absolute atomic E-state index is 1.03. The molecule has 0 aliphatic heterocycles. The normalized spacial score (nSPS) is 11.3. The van der Waals surface area contributed by atoms with Crippen LogP contribution in [0.2, 0.25) is 0 Å². The van der Waals surface area contributed by atoms with E-state index in [1.54, 1.807) is 0 Å². The van der Waals surface area contributed by atoms with Crippen LogP contribution in [-0.2, 0) is 7.05 Å². The van der Waals surface area contributed by atoms with E-state index in [1.807, 2.05) is 11.7 Å². The number of hydrogen-bond donors (Lipinski definition) is 0. The maximum Gasteiger partial charge on any atom is 0.239 e. The monoisotopic (exact) mass is 313 g/mol. The average Bonchev–Trinajstić information content (AvgIpc) is 2.56. The molecule has 0 fully saturated rings. The Morgan fingerprint density at radius 1 is 0.792 bits per heavy atom. The fraction of sp³-hybridized carbons (Fsp3) is 0.182. The quantitative estimate of drug-likeness (QED) is 0.364. The molecule has 2 nitrogen and oxygen atoms in total. The van der Waals surface area contributed by atoms with Crippen molar-refractivity contribution in [3.05, 3.63) is 71.3 Å². The van der Waals surface area contributed by atoms with Crippen LogP contribution in [0.15, 0.2) is 54.6 Å². The predicted octanol–water partition coefficient (Wildman–Crippen LogP) is 4.80. The highest BCUT2D eigenvalue weighted by Gasteiger charge is 2.17. The molecule has 1 aromatic heterocycles. The standard InChI is InChI=1S/C22H21N2/c1-14-9-15(2)16(3)20(10-14)22-13-19-11-17-7-5-6-8-18(17)12-21(19)23-24(22)4/h5-13H,1-4H3/q+1. The Kier molecular flexibility index (Phi) is 3.34. The van der Waals surface area contributed by atoms with Crippen LogP contribution in [0.5, 0.6) is 0 Å². The Morgan fingerprint density at radius 2 is 1.50 bits per heavy atom. The Bertz CT molecular complexity index is 1090. The number of aryl methyl sites for hydroxylation is 3. The van der Waals surface area contributed by atoms with E-state index < -0.39 is 0 Å². The molecule has 0 saturated heterocycles. The highest BCUT2D eigenvalue weighted by atomic mass is 15.2. The van der Waals surface area contributed by atoms with E-state index in [9.17, 15) is 0 Å². The highest BCUT2D eigenvalue weighted by molar-refractivity contribution is 5.96. The first-order valence-electron chi connectivity index (χ1n) is 8.31. The van der Waals surface area contributed by atoms with Gasteiger partial charge in [-0.15, -0.1) is 0 Å². The van der Waals surface area contributed by atoms with E-state index in [0.29, 0.717) is 0 Å². The van der Waals surface area contributed by atoms with Gasteiger partial charge in [-0.05, 0) is 60.9 Å². The first-order chi connectivity index (χ1) is 11.5. The van der Waals surface area contributed by atoms with Crippen LogP contribution in [0.25, 0.3) is 32.9 Å². The third kappa shape index (κ3) is 2.35. The van der Waals surface area contributed by atoms with Crippen LogP contribution in [0.3, 0.4) is 0 Å². The summed E-state index contributed by atoms with van der Waals surface area (Å²) in [5.74, 6) is 0. The van der Waals surface area contributed by atoms with Crippen molar-refractivity contribution in [2.45, 2.75) is 20.8 Å². The van der Waals surface area contributed by atoms with Gasteiger partial charge in [-0.3, -0.25) is 0 Å². The molecular weight excluding hydrogens is 292 g/mol. The zero-order valence-corrected chi connectivity index (χ0v) is 14.6. The van der Waals surface area contributed by atoms with Gasteiger partial charge in [0.25, 0.3) is 0 Å². The second-order valence-electron chi connectivity index (χ2n) is 6.67. The third-order valence-electron chi connectivity index (χ3n) is 4.88. The second kappa shape index (κ2) is 5.41. The van der Waals surface area contributed by atoms with Crippen LogP contribution in [0.1, 0.15) is 16.7 Å². The molecule has 0 atom stereocenters. The number of rotatable bonds is 1. The summed E-state index contributed by atoms with van der Waals surface area (Å²) < 4.78 is 2.00. The molecule has 24 heavy (non-hydrogen) atoms. The summed E-state index contributed by atoms with van der Waals surface area (Å²) >= 11 is 0. The summed E-state index contributed by atoms with van der Waals surface area (Å²) in [6.07, 6.45) is 0. The molecule has 0 radical (unpaired) electrons. The van der Waals surface area contributed by atoms with Crippen molar-refractivity contribution in [3.63, 3.8) is 0 Å². The molecule has 4 aromatic rings. The van der Waals surface area contributed by atoms with Crippen molar-refractivity contribution < 1.29 is 4.68 Å². The van der Waals surface area contributed by atoms with E-state index in [1.165, 1.54) is 38.4 Å². The van der Waals surface area contributed by atoms with E-state index >= 15 is 0 Å². The number of fused-ring (bicyclic) bond motifs is 2. The Balaban J connectivity index is 2.03. The summed E-state index contributed by atoms with van der Waals surface area (Å²) in [5, 5.41) is 8.48. The topological polar surface area (TPSA) is 16.8 Å². The summed E-state index contributed by atoms with van der Waals surface area (Å²) in [6, 6.07) is 19.6. The van der Waals surface area contributed by atoms with E-state index in [0.717, 1.165) is 11.2 Å². The van der Waals surface area contributed by atoms with Crippen molar-refractivity contribution in [3.8, 4) is 11.3 Å². The first-order valence-corrected chi connectivity index (χ1v) is 8.31. The largest absolute Gasteiger partial charge is 0.239 e. The lowest BCUT2D eigenvalue weighted by Crippen LogP contribution is -2.35. The van der Waals surface area contributed by atoms with Crippen molar-refractivity contribution >= 4 is 21.7 Å². The molecule has 0 aliphatic carbocycles. The fourth-order valence-corrected chi connectivity index (χ4v) is 3.46. The molecular formula is C22H21N2+. The SMILES string of the molecule is Cc1cc(C)c(C)c(-c2cc3cc4ccccc4cc3n[n+]2C)c1. The molecule has 3 aromatic carbocycles. The summed E-state index contributed by atoms with van der Waals surface area (Å²) in [7, 11) is 2.03. The molecule has 0 N–H and O–H groups in total. The Hall–Kier alpha value is -2.74. The molecule has 0 bridgehead atoms. The van der Waals surface area contributed by atoms with Crippen LogP contribution >= 0.6 is 0 Å². The predicted molar refractivity (Wildman–Crippen MR) is 100 cm³/mol. The minimum Gasteiger partial charge on any atom is -0.0858 e. The van der Waals surface area contributed by atoms with E-state index in [2.05, 4.69) is 75.4 Å². The van der Waals surface area contributed by atoms with Gasteiger partial charge in [0.15, 0.2) is 7.05 Å². The van der Waals surface area contributed by atoms with Crippen molar-refractivity contribution in [2.24, 2.45) is 7.05 Å². The Morgan fingerprint density at radius 3 is 2.25 bits per heavy atom. The highest BCUT2D eigenvalue weighted by Crippen LogP contribution is 2.28. The molecule has 1 heterocycles. The first kappa shape index (κ1) is 14.8. The van der Waals surface area contributed by atoms with Crippen LogP contribution in [0.4, 0.5) is 0 Å². The van der Waals surface area contributed by atoms with Gasteiger partial charge in [-0.1, -0.05) is 40.6 Å². The van der Waals surface area contributed by atoms with Gasteiger partial charge >= 0.3 is 0 Å². The van der Waals surface area contributed by atoms with Gasteiger partial charge in [-0.2, -0.15) is 0 Å². The molecule has 2 heteroatoms. The van der Waals surface area contributed by atoms with Gasteiger partial charge in [0, 0.05) is 16.6 Å². The lowest BCUT2D eigenvalue weighted by Gasteiger charge is -2.09. The van der Waals surface area contributed by atoms with Gasteiger partial charge in [-0.25, -0.2) is 0 Å². The molecule has 118 valence electrons. The number of hydrogen-bond acceptors (Lipinski definition) is 1. The molecule has 0 spiro atoms. The minimum atomic E-state index is 1.03. The van der Waals surface area contributed by atoms with Crippen molar-refractivity contribution in [2.75, 3.05) is 0 Å². The number of nitrogens with zero attached hydrogens (tertiary/aromatic N) is 2. The van der Waals surface area contributed by atoms with Crippen LogP contribution in [-0.4, -0.2) is 5.10 Å². The molecule has 0 aliphatic rings. The molecule has 0 saturated carbocycles. The smallest absolute Gasteiger partial charge is 0.0858 e. The third-order valence-corrected chi connectivity index (χ3v) is 4.88. The van der Waals surface area contributed by atoms with Gasteiger partial charge in [0.2, 0.25) is 5.69 Å². The molecule has 0 amide bonds. The maximum atomic E-state index is 4.82. The van der Waals surface area contributed by atoms with E-state index in [-0.39, 0.29) is 0 Å². The maximum absolute atomic E-state index is 4.82. The van der Waals surface area contributed by atoms with Crippen molar-refractivity contribution in [1.82, 2.24) is 5.10 Å². The van der Waals surface area contributed by atoms with Crippen molar-refractivity contribution in [1.29, 1.82) is 0 Å². The zero-order valence-electron chi connectivity index (χ0n) is 14.6. The number of benzene rings is 3. The van der Waals surface area contributed by atoms with E-state index in [4.69, 9.17) is 5.10 Å². The van der Waals surface area contributed by atoms with Gasteiger partial charge in [0.1, 0.15) is 5.52 Å². The van der Waals surface area contributed by atoms with Gasteiger partial charge < -0.3 is 0 Å².